The van der Waals surface area contributed by atoms with E-state index >= 15 is 0 Å². The van der Waals surface area contributed by atoms with E-state index in [1.807, 2.05) is 24.4 Å². The van der Waals surface area contributed by atoms with Gasteiger partial charge in [-0.1, -0.05) is 0 Å². The molecule has 3 aromatic heterocycles. The van der Waals surface area contributed by atoms with Gasteiger partial charge in [-0.25, -0.2) is 9.37 Å². The van der Waals surface area contributed by atoms with Crippen molar-refractivity contribution < 1.29 is 8.81 Å². The number of fused-ring (bicyclic) bond motifs is 1. The number of rotatable bonds is 3. The Morgan fingerprint density at radius 2 is 2.00 bits per heavy atom. The topological polar surface area (TPSA) is 43.9 Å². The van der Waals surface area contributed by atoms with E-state index in [4.69, 9.17) is 4.42 Å². The smallest absolute Gasteiger partial charge is 0.220 e. The fourth-order valence-electron chi connectivity index (χ4n) is 2.99. The molecule has 0 saturated carbocycles. The zero-order chi connectivity index (χ0) is 17.4. The molecule has 0 atom stereocenters. The van der Waals surface area contributed by atoms with Crippen LogP contribution < -0.4 is 0 Å². The molecule has 0 aliphatic heterocycles. The Morgan fingerprint density at radius 3 is 2.80 bits per heavy atom. The summed E-state index contributed by atoms with van der Waals surface area (Å²) < 4.78 is 21.0. The second kappa shape index (κ2) is 6.02. The van der Waals surface area contributed by atoms with Crippen LogP contribution in [0, 0.1) is 19.7 Å². The van der Waals surface area contributed by atoms with Gasteiger partial charge in [0, 0.05) is 29.7 Å². The van der Waals surface area contributed by atoms with E-state index < -0.39 is 0 Å². The van der Waals surface area contributed by atoms with Gasteiger partial charge in [0.1, 0.15) is 11.3 Å². The summed E-state index contributed by atoms with van der Waals surface area (Å²) in [6.07, 6.45) is 7.35. The van der Waals surface area contributed by atoms with Crippen LogP contribution in [0.5, 0.6) is 0 Å². The highest BCUT2D eigenvalue weighted by molar-refractivity contribution is 5.76. The molecule has 4 rings (SSSR count). The first-order chi connectivity index (χ1) is 12.1. The third-order valence-corrected chi connectivity index (χ3v) is 4.15. The number of oxazole rings is 1. The van der Waals surface area contributed by atoms with Gasteiger partial charge in [-0.05, 0) is 55.8 Å². The van der Waals surface area contributed by atoms with E-state index in [-0.39, 0.29) is 5.82 Å². The van der Waals surface area contributed by atoms with Crippen LogP contribution in [-0.2, 0) is 0 Å². The van der Waals surface area contributed by atoms with Crippen molar-refractivity contribution in [3.05, 3.63) is 77.5 Å². The molecule has 4 nitrogen and oxygen atoms in total. The summed E-state index contributed by atoms with van der Waals surface area (Å²) in [5, 5.41) is 0. The number of aryl methyl sites for hydroxylation is 1. The predicted molar refractivity (Wildman–Crippen MR) is 95.9 cm³/mol. The van der Waals surface area contributed by atoms with Crippen LogP contribution in [0.1, 0.15) is 22.8 Å². The van der Waals surface area contributed by atoms with Gasteiger partial charge < -0.3 is 8.98 Å². The van der Waals surface area contributed by atoms with E-state index in [1.165, 1.54) is 12.1 Å². The van der Waals surface area contributed by atoms with Gasteiger partial charge in [-0.15, -0.1) is 0 Å². The first-order valence-corrected chi connectivity index (χ1v) is 7.95. The molecule has 4 aromatic rings. The summed E-state index contributed by atoms with van der Waals surface area (Å²) in [5.41, 5.74) is 5.39. The molecular weight excluding hydrogens is 317 g/mol. The molecule has 5 heteroatoms. The summed E-state index contributed by atoms with van der Waals surface area (Å²) in [5.74, 6) is 0.128. The average molecular weight is 333 g/mol. The Hall–Kier alpha value is -3.21. The maximum atomic E-state index is 13.3. The number of halogens is 1. The lowest BCUT2D eigenvalue weighted by Crippen LogP contribution is -1.99. The van der Waals surface area contributed by atoms with Crippen molar-refractivity contribution in [3.63, 3.8) is 0 Å². The van der Waals surface area contributed by atoms with Gasteiger partial charge in [0.15, 0.2) is 5.58 Å². The highest BCUT2D eigenvalue weighted by Crippen LogP contribution is 2.23. The Morgan fingerprint density at radius 1 is 1.12 bits per heavy atom. The van der Waals surface area contributed by atoms with Gasteiger partial charge in [-0.2, -0.15) is 0 Å². The summed E-state index contributed by atoms with van der Waals surface area (Å²) in [6, 6.07) is 10.4. The molecule has 0 bridgehead atoms. The van der Waals surface area contributed by atoms with E-state index in [1.54, 1.807) is 18.3 Å². The zero-order valence-corrected chi connectivity index (χ0v) is 13.9. The predicted octanol–water partition coefficient (Wildman–Crippen LogP) is 4.94. The summed E-state index contributed by atoms with van der Waals surface area (Å²) in [4.78, 5) is 8.48. The van der Waals surface area contributed by atoms with Crippen LogP contribution >= 0.6 is 0 Å². The Kier molecular flexibility index (Phi) is 3.69. The lowest BCUT2D eigenvalue weighted by molar-refractivity contribution is 0.588. The van der Waals surface area contributed by atoms with Crippen molar-refractivity contribution >= 4 is 23.3 Å². The van der Waals surface area contributed by atoms with Crippen molar-refractivity contribution in [1.82, 2.24) is 14.5 Å². The molecule has 0 aliphatic carbocycles. The molecular formula is C20H16FN3O. The standard InChI is InChI=1S/C20H16FN3O/c1-13-10-15(14(2)24(13)17-4-3-9-22-12-17)5-8-20-23-18-11-16(21)6-7-19(18)25-20/h3-12H,1-2H3. The molecule has 0 N–H and O–H groups in total. The summed E-state index contributed by atoms with van der Waals surface area (Å²) in [7, 11) is 0. The molecule has 0 unspecified atom stereocenters. The first kappa shape index (κ1) is 15.3. The number of aromatic nitrogens is 3. The molecule has 0 radical (unpaired) electrons. The molecule has 1 aromatic carbocycles. The number of hydrogen-bond donors (Lipinski definition) is 0. The number of nitrogens with zero attached hydrogens (tertiary/aromatic N) is 3. The Balaban J connectivity index is 1.69. The highest BCUT2D eigenvalue weighted by atomic mass is 19.1. The van der Waals surface area contributed by atoms with Crippen LogP contribution in [0.4, 0.5) is 4.39 Å². The summed E-state index contributed by atoms with van der Waals surface area (Å²) in [6.45, 7) is 4.11. The third-order valence-electron chi connectivity index (χ3n) is 4.15. The van der Waals surface area contributed by atoms with Gasteiger partial charge in [0.2, 0.25) is 5.89 Å². The second-order valence-corrected chi connectivity index (χ2v) is 5.87. The van der Waals surface area contributed by atoms with Gasteiger partial charge in [0.25, 0.3) is 0 Å². The second-order valence-electron chi connectivity index (χ2n) is 5.87. The number of pyridine rings is 1. The van der Waals surface area contributed by atoms with Crippen LogP contribution in [0.3, 0.4) is 0 Å². The van der Waals surface area contributed by atoms with Crippen molar-refractivity contribution in [1.29, 1.82) is 0 Å². The molecule has 0 spiro atoms. The van der Waals surface area contributed by atoms with Gasteiger partial charge in [0.05, 0.1) is 11.9 Å². The fourth-order valence-corrected chi connectivity index (χ4v) is 2.99. The number of hydrogen-bond acceptors (Lipinski definition) is 3. The van der Waals surface area contributed by atoms with Gasteiger partial charge >= 0.3 is 0 Å². The fraction of sp³-hybridized carbons (Fsp3) is 0.100. The van der Waals surface area contributed by atoms with Crippen molar-refractivity contribution in [2.45, 2.75) is 13.8 Å². The maximum Gasteiger partial charge on any atom is 0.220 e. The molecule has 3 heterocycles. The molecule has 0 aliphatic rings. The average Bonchev–Trinajstić information content (AvgIpc) is 3.13. The van der Waals surface area contributed by atoms with Crippen LogP contribution in [-0.4, -0.2) is 14.5 Å². The minimum Gasteiger partial charge on any atom is -0.437 e. The molecule has 0 fully saturated rings. The lowest BCUT2D eigenvalue weighted by Gasteiger charge is -2.08. The zero-order valence-electron chi connectivity index (χ0n) is 13.9. The van der Waals surface area contributed by atoms with E-state index in [2.05, 4.69) is 34.4 Å². The highest BCUT2D eigenvalue weighted by Gasteiger charge is 2.09. The summed E-state index contributed by atoms with van der Waals surface area (Å²) >= 11 is 0. The third kappa shape index (κ3) is 2.85. The van der Waals surface area contributed by atoms with Crippen molar-refractivity contribution in [2.75, 3.05) is 0 Å². The molecule has 0 amide bonds. The molecule has 25 heavy (non-hydrogen) atoms. The van der Waals surface area contributed by atoms with Crippen molar-refractivity contribution in [3.8, 4) is 5.69 Å². The van der Waals surface area contributed by atoms with Crippen molar-refractivity contribution in [2.24, 2.45) is 0 Å². The minimum absolute atomic E-state index is 0.323. The Bertz CT molecular complexity index is 1080. The lowest BCUT2D eigenvalue weighted by atomic mass is 10.2. The largest absolute Gasteiger partial charge is 0.437 e. The monoisotopic (exact) mass is 333 g/mol. The molecule has 124 valence electrons. The SMILES string of the molecule is Cc1cc(C=Cc2nc3cc(F)ccc3o2)c(C)n1-c1cccnc1. The van der Waals surface area contributed by atoms with E-state index in [0.29, 0.717) is 17.0 Å². The van der Waals surface area contributed by atoms with E-state index in [0.717, 1.165) is 22.6 Å². The molecule has 0 saturated heterocycles. The van der Waals surface area contributed by atoms with Crippen LogP contribution in [0.15, 0.2) is 53.2 Å². The normalized spacial score (nSPS) is 11.6. The maximum absolute atomic E-state index is 13.3. The number of benzene rings is 1. The quantitative estimate of drug-likeness (QED) is 0.533. The first-order valence-electron chi connectivity index (χ1n) is 7.95. The van der Waals surface area contributed by atoms with Gasteiger partial charge in [-0.3, -0.25) is 4.98 Å². The Labute approximate surface area is 144 Å². The minimum atomic E-state index is -0.323. The van der Waals surface area contributed by atoms with Crippen LogP contribution in [0.25, 0.3) is 28.9 Å². The van der Waals surface area contributed by atoms with Crippen LogP contribution in [0.2, 0.25) is 0 Å². The van der Waals surface area contributed by atoms with E-state index in [9.17, 15) is 4.39 Å².